The highest BCUT2D eigenvalue weighted by atomic mass is 79.9. The average molecular weight is 339 g/mol. The summed E-state index contributed by atoms with van der Waals surface area (Å²) in [5.41, 5.74) is 0.557. The van der Waals surface area contributed by atoms with Crippen LogP contribution < -0.4 is 0 Å². The van der Waals surface area contributed by atoms with Gasteiger partial charge in [0.15, 0.2) is 0 Å². The highest BCUT2D eigenvalue weighted by Crippen LogP contribution is 2.30. The summed E-state index contributed by atoms with van der Waals surface area (Å²) in [5.74, 6) is 1.03. The maximum atomic E-state index is 12.4. The van der Waals surface area contributed by atoms with Gasteiger partial charge >= 0.3 is 0 Å². The molecule has 1 N–H and O–H groups in total. The average Bonchev–Trinajstić information content (AvgIpc) is 3.26. The molecule has 0 atom stereocenters. The molecule has 1 aliphatic heterocycles. The number of phenolic OH excluding ortho intramolecular Hbond substituents is 1. The van der Waals surface area contributed by atoms with E-state index in [1.165, 1.54) is 25.5 Å². The van der Waals surface area contributed by atoms with Gasteiger partial charge in [-0.05, 0) is 52.9 Å². The molecule has 1 amide bonds. The summed E-state index contributed by atoms with van der Waals surface area (Å²) >= 11 is 3.23. The van der Waals surface area contributed by atoms with Crippen molar-refractivity contribution < 1.29 is 9.90 Å². The molecule has 1 saturated heterocycles. The fraction of sp³-hybridized carbons (Fsp3) is 0.533. The zero-order valence-corrected chi connectivity index (χ0v) is 13.0. The summed E-state index contributed by atoms with van der Waals surface area (Å²) in [6.45, 7) is 4.68. The van der Waals surface area contributed by atoms with E-state index >= 15 is 0 Å². The van der Waals surface area contributed by atoms with Crippen LogP contribution in [0.4, 0.5) is 0 Å². The first kappa shape index (κ1) is 13.9. The Morgan fingerprint density at radius 2 is 1.95 bits per heavy atom. The van der Waals surface area contributed by atoms with Crippen molar-refractivity contribution >= 4 is 21.8 Å². The van der Waals surface area contributed by atoms with Crippen molar-refractivity contribution in [3.63, 3.8) is 0 Å². The van der Waals surface area contributed by atoms with Crippen molar-refractivity contribution in [2.24, 2.45) is 5.92 Å². The van der Waals surface area contributed by atoms with E-state index in [0.717, 1.165) is 32.1 Å². The highest BCUT2D eigenvalue weighted by Gasteiger charge is 2.28. The zero-order valence-electron chi connectivity index (χ0n) is 11.4. The summed E-state index contributed by atoms with van der Waals surface area (Å²) in [4.78, 5) is 16.7. The molecule has 1 aromatic carbocycles. The molecule has 3 rings (SSSR count). The fourth-order valence-electron chi connectivity index (χ4n) is 2.63. The van der Waals surface area contributed by atoms with E-state index in [9.17, 15) is 9.90 Å². The van der Waals surface area contributed by atoms with Crippen molar-refractivity contribution in [1.82, 2.24) is 9.80 Å². The molecule has 0 unspecified atom stereocenters. The Bertz CT molecular complexity index is 509. The lowest BCUT2D eigenvalue weighted by Crippen LogP contribution is -2.49. The van der Waals surface area contributed by atoms with Crippen LogP contribution in [0.15, 0.2) is 22.7 Å². The van der Waals surface area contributed by atoms with E-state index in [1.807, 2.05) is 4.90 Å². The second-order valence-electron chi connectivity index (χ2n) is 5.70. The molecule has 1 aromatic rings. The number of amides is 1. The minimum Gasteiger partial charge on any atom is -0.507 e. The van der Waals surface area contributed by atoms with Gasteiger partial charge in [0.05, 0.1) is 4.47 Å². The third-order valence-corrected chi connectivity index (χ3v) is 4.74. The molecular formula is C15H19BrN2O2. The van der Waals surface area contributed by atoms with Crippen molar-refractivity contribution in [2.45, 2.75) is 12.8 Å². The predicted octanol–water partition coefficient (Wildman–Crippen LogP) is 2.32. The number of phenols is 1. The number of benzene rings is 1. The number of hydrogen-bond donors (Lipinski definition) is 1. The van der Waals surface area contributed by atoms with E-state index in [4.69, 9.17) is 0 Å². The normalized spacial score (nSPS) is 20.1. The third-order valence-electron chi connectivity index (χ3n) is 4.07. The maximum Gasteiger partial charge on any atom is 0.254 e. The Labute approximate surface area is 127 Å². The second-order valence-corrected chi connectivity index (χ2v) is 6.56. The quantitative estimate of drug-likeness (QED) is 0.919. The number of carbonyl (C=O) groups excluding carboxylic acids is 1. The molecule has 5 heteroatoms. The van der Waals surface area contributed by atoms with Gasteiger partial charge in [-0.3, -0.25) is 9.69 Å². The van der Waals surface area contributed by atoms with Crippen molar-refractivity contribution in [1.29, 1.82) is 0 Å². The number of hydrogen-bond acceptors (Lipinski definition) is 3. The topological polar surface area (TPSA) is 43.8 Å². The molecule has 20 heavy (non-hydrogen) atoms. The number of nitrogens with zero attached hydrogens (tertiary/aromatic N) is 2. The van der Waals surface area contributed by atoms with Crippen LogP contribution in [-0.2, 0) is 0 Å². The smallest absolute Gasteiger partial charge is 0.254 e. The first-order valence-electron chi connectivity index (χ1n) is 7.13. The molecule has 2 fully saturated rings. The van der Waals surface area contributed by atoms with Crippen LogP contribution in [0.1, 0.15) is 23.2 Å². The molecule has 0 aromatic heterocycles. The summed E-state index contributed by atoms with van der Waals surface area (Å²) in [6, 6.07) is 5.00. The molecule has 4 nitrogen and oxygen atoms in total. The van der Waals surface area contributed by atoms with Crippen molar-refractivity contribution in [3.8, 4) is 5.75 Å². The molecule has 0 radical (unpaired) electrons. The maximum absolute atomic E-state index is 12.4. The van der Waals surface area contributed by atoms with Gasteiger partial charge in [0.1, 0.15) is 5.75 Å². The first-order chi connectivity index (χ1) is 9.63. The van der Waals surface area contributed by atoms with Crippen LogP contribution in [0.25, 0.3) is 0 Å². The Morgan fingerprint density at radius 3 is 2.55 bits per heavy atom. The number of halogens is 1. The lowest BCUT2D eigenvalue weighted by molar-refractivity contribution is 0.0631. The Kier molecular flexibility index (Phi) is 3.98. The molecule has 1 aliphatic carbocycles. The predicted molar refractivity (Wildman–Crippen MR) is 80.9 cm³/mol. The van der Waals surface area contributed by atoms with Gasteiger partial charge in [0.2, 0.25) is 0 Å². The van der Waals surface area contributed by atoms with Crippen LogP contribution in [0.2, 0.25) is 0 Å². The third kappa shape index (κ3) is 3.15. The van der Waals surface area contributed by atoms with E-state index in [-0.39, 0.29) is 11.7 Å². The summed E-state index contributed by atoms with van der Waals surface area (Å²) < 4.78 is 0.614. The van der Waals surface area contributed by atoms with Crippen LogP contribution in [0, 0.1) is 5.92 Å². The number of carbonyl (C=O) groups is 1. The molecule has 2 aliphatic rings. The van der Waals surface area contributed by atoms with Gasteiger partial charge in [-0.25, -0.2) is 0 Å². The number of aromatic hydroxyl groups is 1. The first-order valence-corrected chi connectivity index (χ1v) is 7.93. The SMILES string of the molecule is O=C(c1ccc(Br)c(O)c1)N1CCN(CC2CC2)CC1. The van der Waals surface area contributed by atoms with Crippen LogP contribution in [0.3, 0.4) is 0 Å². The fourth-order valence-corrected chi connectivity index (χ4v) is 2.87. The minimum absolute atomic E-state index is 0.0128. The van der Waals surface area contributed by atoms with Crippen molar-refractivity contribution in [2.75, 3.05) is 32.7 Å². The molecule has 1 saturated carbocycles. The Hall–Kier alpha value is -1.07. The zero-order chi connectivity index (χ0) is 14.1. The van der Waals surface area contributed by atoms with Crippen LogP contribution in [-0.4, -0.2) is 53.5 Å². The molecule has 1 heterocycles. The minimum atomic E-state index is 0.0128. The monoisotopic (exact) mass is 338 g/mol. The molecular weight excluding hydrogens is 320 g/mol. The second kappa shape index (κ2) is 5.74. The summed E-state index contributed by atoms with van der Waals surface area (Å²) in [6.07, 6.45) is 2.74. The molecule has 0 bridgehead atoms. The summed E-state index contributed by atoms with van der Waals surface area (Å²) in [7, 11) is 0. The number of piperazine rings is 1. The lowest BCUT2D eigenvalue weighted by Gasteiger charge is -2.34. The van der Waals surface area contributed by atoms with Gasteiger partial charge in [0, 0.05) is 38.3 Å². The largest absolute Gasteiger partial charge is 0.507 e. The molecule has 108 valence electrons. The van der Waals surface area contributed by atoms with Gasteiger partial charge in [-0.15, -0.1) is 0 Å². The van der Waals surface area contributed by atoms with Gasteiger partial charge < -0.3 is 10.0 Å². The van der Waals surface area contributed by atoms with Crippen LogP contribution >= 0.6 is 15.9 Å². The Morgan fingerprint density at radius 1 is 1.25 bits per heavy atom. The van der Waals surface area contributed by atoms with E-state index in [0.29, 0.717) is 10.0 Å². The van der Waals surface area contributed by atoms with E-state index in [2.05, 4.69) is 20.8 Å². The number of rotatable bonds is 3. The standard InChI is InChI=1S/C15H19BrN2O2/c16-13-4-3-12(9-14(13)19)15(20)18-7-5-17(6-8-18)10-11-1-2-11/h3-4,9,11,19H,1-2,5-8,10H2. The van der Waals surface area contributed by atoms with Gasteiger partial charge in [0.25, 0.3) is 5.91 Å². The Balaban J connectivity index is 1.58. The highest BCUT2D eigenvalue weighted by molar-refractivity contribution is 9.10. The van der Waals surface area contributed by atoms with Crippen LogP contribution in [0.5, 0.6) is 5.75 Å². The van der Waals surface area contributed by atoms with Gasteiger partial charge in [-0.2, -0.15) is 0 Å². The van der Waals surface area contributed by atoms with E-state index in [1.54, 1.807) is 12.1 Å². The van der Waals surface area contributed by atoms with Crippen molar-refractivity contribution in [3.05, 3.63) is 28.2 Å². The van der Waals surface area contributed by atoms with Gasteiger partial charge in [-0.1, -0.05) is 0 Å². The van der Waals surface area contributed by atoms with E-state index < -0.39 is 0 Å². The molecule has 0 spiro atoms. The lowest BCUT2D eigenvalue weighted by atomic mass is 10.1. The summed E-state index contributed by atoms with van der Waals surface area (Å²) in [5, 5.41) is 9.67.